The zero-order valence-electron chi connectivity index (χ0n) is 5.79. The topological polar surface area (TPSA) is 69.6 Å². The Labute approximate surface area is 59.2 Å². The molecule has 4 nitrogen and oxygen atoms in total. The minimum atomic E-state index is -0.931. The minimum absolute atomic E-state index is 0.136. The average Bonchev–Trinajstić information content (AvgIpc) is 1.88. The van der Waals surface area contributed by atoms with Crippen LogP contribution in [0.1, 0.15) is 6.92 Å². The van der Waals surface area contributed by atoms with Crippen LogP contribution in [-0.2, 0) is 4.79 Å². The Kier molecular flexibility index (Phi) is 4.53. The second-order valence-corrected chi connectivity index (χ2v) is 1.80. The number of rotatable bonds is 4. The second-order valence-electron chi connectivity index (χ2n) is 1.80. The molecule has 0 radical (unpaired) electrons. The van der Waals surface area contributed by atoms with Gasteiger partial charge in [-0.1, -0.05) is 6.08 Å². The zero-order chi connectivity index (χ0) is 7.98. The summed E-state index contributed by atoms with van der Waals surface area (Å²) in [6, 6.07) is 0. The SMILES string of the molecule is CC(=CCNCO)C(=O)O. The molecule has 4 heteroatoms. The molecule has 0 unspecified atom stereocenters. The third-order valence-corrected chi connectivity index (χ3v) is 1.00. The largest absolute Gasteiger partial charge is 0.478 e. The van der Waals surface area contributed by atoms with Crippen LogP contribution in [0.4, 0.5) is 0 Å². The molecule has 0 saturated heterocycles. The fourth-order valence-corrected chi connectivity index (χ4v) is 0.377. The number of nitrogens with one attached hydrogen (secondary N) is 1. The molecule has 0 heterocycles. The molecule has 0 spiro atoms. The van der Waals surface area contributed by atoms with E-state index in [4.69, 9.17) is 10.2 Å². The fraction of sp³-hybridized carbons (Fsp3) is 0.500. The first-order valence-electron chi connectivity index (χ1n) is 2.90. The van der Waals surface area contributed by atoms with E-state index in [1.54, 1.807) is 0 Å². The van der Waals surface area contributed by atoms with Gasteiger partial charge in [0.1, 0.15) is 0 Å². The van der Waals surface area contributed by atoms with Gasteiger partial charge in [-0.15, -0.1) is 0 Å². The quantitative estimate of drug-likeness (QED) is 0.285. The van der Waals surface area contributed by atoms with Crippen LogP contribution in [-0.4, -0.2) is 29.5 Å². The predicted molar refractivity (Wildman–Crippen MR) is 36.5 cm³/mol. The van der Waals surface area contributed by atoms with Crippen molar-refractivity contribution in [1.82, 2.24) is 5.32 Å². The van der Waals surface area contributed by atoms with Crippen LogP contribution >= 0.6 is 0 Å². The van der Waals surface area contributed by atoms with Gasteiger partial charge in [0.2, 0.25) is 0 Å². The van der Waals surface area contributed by atoms with Crippen LogP contribution in [0.15, 0.2) is 11.6 Å². The van der Waals surface area contributed by atoms with Crippen LogP contribution < -0.4 is 5.32 Å². The van der Waals surface area contributed by atoms with Crippen molar-refractivity contribution in [3.63, 3.8) is 0 Å². The van der Waals surface area contributed by atoms with Crippen LogP contribution in [0.25, 0.3) is 0 Å². The lowest BCUT2D eigenvalue weighted by molar-refractivity contribution is -0.132. The van der Waals surface area contributed by atoms with Crippen molar-refractivity contribution in [2.24, 2.45) is 0 Å². The molecule has 58 valence electrons. The normalized spacial score (nSPS) is 11.6. The van der Waals surface area contributed by atoms with Gasteiger partial charge in [-0.3, -0.25) is 5.32 Å². The molecule has 3 N–H and O–H groups in total. The van der Waals surface area contributed by atoms with Gasteiger partial charge in [-0.25, -0.2) is 4.79 Å². The molecular formula is C6H11NO3. The van der Waals surface area contributed by atoms with Crippen LogP contribution in [0.5, 0.6) is 0 Å². The maximum atomic E-state index is 10.1. The van der Waals surface area contributed by atoms with Gasteiger partial charge in [0, 0.05) is 12.1 Å². The van der Waals surface area contributed by atoms with Gasteiger partial charge in [0.05, 0.1) is 6.73 Å². The van der Waals surface area contributed by atoms with Crippen molar-refractivity contribution < 1.29 is 15.0 Å². The van der Waals surface area contributed by atoms with E-state index in [2.05, 4.69) is 5.32 Å². The van der Waals surface area contributed by atoms with Crippen molar-refractivity contribution >= 4 is 5.97 Å². The van der Waals surface area contributed by atoms with E-state index < -0.39 is 5.97 Å². The number of carbonyl (C=O) groups is 1. The molecule has 0 saturated carbocycles. The van der Waals surface area contributed by atoms with E-state index in [1.165, 1.54) is 13.0 Å². The van der Waals surface area contributed by atoms with Crippen LogP contribution in [0, 0.1) is 0 Å². The first kappa shape index (κ1) is 9.13. The highest BCUT2D eigenvalue weighted by atomic mass is 16.4. The summed E-state index contributed by atoms with van der Waals surface area (Å²) in [6.45, 7) is 1.75. The van der Waals surface area contributed by atoms with E-state index in [9.17, 15) is 4.79 Å². The Bertz CT molecular complexity index is 142. The molecule has 0 bridgehead atoms. The minimum Gasteiger partial charge on any atom is -0.478 e. The Hall–Kier alpha value is -0.870. The molecule has 0 rings (SSSR count). The maximum absolute atomic E-state index is 10.1. The van der Waals surface area contributed by atoms with E-state index in [1.807, 2.05) is 0 Å². The third-order valence-electron chi connectivity index (χ3n) is 1.00. The molecule has 0 amide bonds. The van der Waals surface area contributed by atoms with Gasteiger partial charge in [-0.2, -0.15) is 0 Å². The standard InChI is InChI=1S/C6H11NO3/c1-5(6(9)10)2-3-7-4-8/h2,7-8H,3-4H2,1H3,(H,9,10). The highest BCUT2D eigenvalue weighted by Crippen LogP contribution is 1.88. The average molecular weight is 145 g/mol. The van der Waals surface area contributed by atoms with E-state index in [0.717, 1.165) is 0 Å². The van der Waals surface area contributed by atoms with Crippen molar-refractivity contribution in [3.05, 3.63) is 11.6 Å². The number of aliphatic carboxylic acids is 1. The molecule has 0 aromatic heterocycles. The summed E-state index contributed by atoms with van der Waals surface area (Å²) in [5.41, 5.74) is 0.279. The number of aliphatic hydroxyl groups excluding tert-OH is 1. The molecule has 0 aliphatic carbocycles. The van der Waals surface area contributed by atoms with Gasteiger partial charge < -0.3 is 10.2 Å². The number of hydrogen-bond donors (Lipinski definition) is 3. The van der Waals surface area contributed by atoms with Crippen molar-refractivity contribution in [2.75, 3.05) is 13.3 Å². The number of carboxylic acids is 1. The van der Waals surface area contributed by atoms with Crippen molar-refractivity contribution in [1.29, 1.82) is 0 Å². The smallest absolute Gasteiger partial charge is 0.330 e. The first-order chi connectivity index (χ1) is 4.68. The molecule has 0 aromatic rings. The Balaban J connectivity index is 3.58. The summed E-state index contributed by atoms with van der Waals surface area (Å²) in [7, 11) is 0. The summed E-state index contributed by atoms with van der Waals surface area (Å²) < 4.78 is 0. The third kappa shape index (κ3) is 4.05. The molecule has 0 aliphatic rings. The molecule has 0 aromatic carbocycles. The molecule has 0 aliphatic heterocycles. The van der Waals surface area contributed by atoms with Crippen molar-refractivity contribution in [2.45, 2.75) is 6.92 Å². The summed E-state index contributed by atoms with van der Waals surface area (Å²) in [5, 5.41) is 19.1. The number of aliphatic hydroxyl groups is 1. The number of hydrogen-bond acceptors (Lipinski definition) is 3. The van der Waals surface area contributed by atoms with E-state index >= 15 is 0 Å². The molecule has 0 atom stereocenters. The van der Waals surface area contributed by atoms with Gasteiger partial charge in [0.25, 0.3) is 0 Å². The fourth-order valence-electron chi connectivity index (χ4n) is 0.377. The monoisotopic (exact) mass is 145 g/mol. The highest BCUT2D eigenvalue weighted by Gasteiger charge is 1.96. The Morgan fingerprint density at radius 3 is 2.70 bits per heavy atom. The second kappa shape index (κ2) is 4.96. The van der Waals surface area contributed by atoms with Crippen LogP contribution in [0.3, 0.4) is 0 Å². The van der Waals surface area contributed by atoms with Crippen LogP contribution in [0.2, 0.25) is 0 Å². The lowest BCUT2D eigenvalue weighted by Gasteiger charge is -1.94. The van der Waals surface area contributed by atoms with Crippen molar-refractivity contribution in [3.8, 4) is 0 Å². The summed E-state index contributed by atoms with van der Waals surface area (Å²) in [5.74, 6) is -0.931. The molecule has 0 fully saturated rings. The first-order valence-corrected chi connectivity index (χ1v) is 2.90. The molecule has 10 heavy (non-hydrogen) atoms. The maximum Gasteiger partial charge on any atom is 0.330 e. The Morgan fingerprint density at radius 1 is 1.70 bits per heavy atom. The molecular weight excluding hydrogens is 134 g/mol. The summed E-state index contributed by atoms with van der Waals surface area (Å²) >= 11 is 0. The lowest BCUT2D eigenvalue weighted by Crippen LogP contribution is -2.15. The number of carboxylic acid groups (broad SMARTS) is 1. The Morgan fingerprint density at radius 2 is 2.30 bits per heavy atom. The highest BCUT2D eigenvalue weighted by molar-refractivity contribution is 5.85. The summed E-state index contributed by atoms with van der Waals surface area (Å²) in [4.78, 5) is 10.1. The lowest BCUT2D eigenvalue weighted by atomic mass is 10.3. The van der Waals surface area contributed by atoms with Gasteiger partial charge in [0.15, 0.2) is 0 Å². The van der Waals surface area contributed by atoms with Gasteiger partial charge in [-0.05, 0) is 6.92 Å². The van der Waals surface area contributed by atoms with E-state index in [0.29, 0.717) is 6.54 Å². The van der Waals surface area contributed by atoms with E-state index in [-0.39, 0.29) is 12.3 Å². The predicted octanol–water partition coefficient (Wildman–Crippen LogP) is -0.443. The summed E-state index contributed by atoms with van der Waals surface area (Å²) in [6.07, 6.45) is 1.50. The van der Waals surface area contributed by atoms with Gasteiger partial charge >= 0.3 is 5.97 Å². The zero-order valence-corrected chi connectivity index (χ0v) is 5.79.